The molecule has 2 aromatic rings. The summed E-state index contributed by atoms with van der Waals surface area (Å²) in [4.78, 5) is 30.2. The zero-order chi connectivity index (χ0) is 13.7. The Labute approximate surface area is 109 Å². The van der Waals surface area contributed by atoms with Crippen LogP contribution in [0.5, 0.6) is 0 Å². The van der Waals surface area contributed by atoms with Gasteiger partial charge in [-0.3, -0.25) is 9.78 Å². The summed E-state index contributed by atoms with van der Waals surface area (Å²) in [5.74, 6) is -1.18. The lowest BCUT2D eigenvalue weighted by molar-refractivity contribution is -0.115. The summed E-state index contributed by atoms with van der Waals surface area (Å²) < 4.78 is 0. The van der Waals surface area contributed by atoms with E-state index in [4.69, 9.17) is 5.11 Å². The average Bonchev–Trinajstić information content (AvgIpc) is 2.40. The zero-order valence-electron chi connectivity index (χ0n) is 9.91. The first-order valence-corrected chi connectivity index (χ1v) is 5.54. The Kier molecular flexibility index (Phi) is 3.82. The van der Waals surface area contributed by atoms with Crippen LogP contribution in [0.15, 0.2) is 42.7 Å². The number of aromatic carboxylic acids is 1. The van der Waals surface area contributed by atoms with Crippen molar-refractivity contribution in [1.29, 1.82) is 0 Å². The molecule has 2 aromatic heterocycles. The van der Waals surface area contributed by atoms with Crippen LogP contribution in [0.3, 0.4) is 0 Å². The molecule has 0 radical (unpaired) electrons. The van der Waals surface area contributed by atoms with Gasteiger partial charge in [0.25, 0.3) is 0 Å². The fraction of sp³-hybridized carbons (Fsp3) is 0.0769. The van der Waals surface area contributed by atoms with Crippen molar-refractivity contribution in [2.75, 3.05) is 5.32 Å². The molecule has 96 valence electrons. The number of nitrogens with zero attached hydrogens (tertiary/aromatic N) is 2. The number of amides is 1. The number of nitrogens with one attached hydrogen (secondary N) is 1. The first-order valence-electron chi connectivity index (χ1n) is 5.54. The standard InChI is InChI=1S/C13H11N3O3/c17-12(8-9-4-6-14-7-5-9)16-11-3-1-2-10(15-11)13(18)19/h1-7H,8H2,(H,18,19)(H,15,16,17). The van der Waals surface area contributed by atoms with Gasteiger partial charge in [0.1, 0.15) is 5.82 Å². The van der Waals surface area contributed by atoms with Gasteiger partial charge in [-0.25, -0.2) is 9.78 Å². The van der Waals surface area contributed by atoms with Gasteiger partial charge in [0, 0.05) is 12.4 Å². The Hall–Kier alpha value is -2.76. The molecule has 2 heterocycles. The van der Waals surface area contributed by atoms with Crippen molar-refractivity contribution in [3.8, 4) is 0 Å². The Balaban J connectivity index is 2.03. The molecular formula is C13H11N3O3. The van der Waals surface area contributed by atoms with Gasteiger partial charge in [-0.2, -0.15) is 0 Å². The van der Waals surface area contributed by atoms with Gasteiger partial charge in [-0.1, -0.05) is 6.07 Å². The summed E-state index contributed by atoms with van der Waals surface area (Å²) in [5, 5.41) is 11.3. The van der Waals surface area contributed by atoms with Gasteiger partial charge in [0.2, 0.25) is 5.91 Å². The number of carbonyl (C=O) groups is 2. The first-order chi connectivity index (χ1) is 9.15. The summed E-state index contributed by atoms with van der Waals surface area (Å²) in [7, 11) is 0. The van der Waals surface area contributed by atoms with Crippen molar-refractivity contribution < 1.29 is 14.7 Å². The van der Waals surface area contributed by atoms with Crippen LogP contribution in [0.1, 0.15) is 16.1 Å². The van der Waals surface area contributed by atoms with Crippen molar-refractivity contribution >= 4 is 17.7 Å². The van der Waals surface area contributed by atoms with Gasteiger partial charge < -0.3 is 10.4 Å². The summed E-state index contributed by atoms with van der Waals surface area (Å²) in [6.45, 7) is 0. The molecule has 6 nitrogen and oxygen atoms in total. The summed E-state index contributed by atoms with van der Waals surface area (Å²) in [6, 6.07) is 7.90. The third-order valence-electron chi connectivity index (χ3n) is 2.35. The zero-order valence-corrected chi connectivity index (χ0v) is 9.91. The molecule has 0 saturated carbocycles. The third-order valence-corrected chi connectivity index (χ3v) is 2.35. The second kappa shape index (κ2) is 5.72. The predicted octanol–water partition coefficient (Wildman–Crippen LogP) is 1.36. The van der Waals surface area contributed by atoms with Crippen LogP contribution in [0.2, 0.25) is 0 Å². The molecule has 0 aliphatic heterocycles. The minimum Gasteiger partial charge on any atom is -0.477 e. The van der Waals surface area contributed by atoms with Gasteiger partial charge in [-0.15, -0.1) is 0 Å². The number of hydrogen-bond donors (Lipinski definition) is 2. The van der Waals surface area contributed by atoms with E-state index in [-0.39, 0.29) is 23.8 Å². The van der Waals surface area contributed by atoms with Crippen molar-refractivity contribution in [3.05, 3.63) is 54.0 Å². The number of aromatic nitrogens is 2. The second-order valence-electron chi connectivity index (χ2n) is 3.79. The SMILES string of the molecule is O=C(Cc1ccncc1)Nc1cccc(C(=O)O)n1. The van der Waals surface area contributed by atoms with E-state index in [1.165, 1.54) is 18.2 Å². The topological polar surface area (TPSA) is 92.2 Å². The highest BCUT2D eigenvalue weighted by atomic mass is 16.4. The summed E-state index contributed by atoms with van der Waals surface area (Å²) >= 11 is 0. The molecule has 19 heavy (non-hydrogen) atoms. The highest BCUT2D eigenvalue weighted by Crippen LogP contribution is 2.06. The maximum absolute atomic E-state index is 11.7. The fourth-order valence-corrected chi connectivity index (χ4v) is 1.50. The van der Waals surface area contributed by atoms with Gasteiger partial charge in [-0.05, 0) is 29.8 Å². The number of pyridine rings is 2. The van der Waals surface area contributed by atoms with Gasteiger partial charge in [0.05, 0.1) is 6.42 Å². The molecule has 6 heteroatoms. The van der Waals surface area contributed by atoms with Crippen LogP contribution in [-0.4, -0.2) is 27.0 Å². The molecule has 0 aliphatic rings. The number of rotatable bonds is 4. The molecule has 0 bridgehead atoms. The maximum atomic E-state index is 11.7. The predicted molar refractivity (Wildman–Crippen MR) is 67.8 cm³/mol. The quantitative estimate of drug-likeness (QED) is 0.862. The van der Waals surface area contributed by atoms with Crippen molar-refractivity contribution in [2.24, 2.45) is 0 Å². The smallest absolute Gasteiger partial charge is 0.354 e. The first kappa shape index (κ1) is 12.7. The van der Waals surface area contributed by atoms with E-state index in [0.717, 1.165) is 5.56 Å². The largest absolute Gasteiger partial charge is 0.477 e. The molecule has 0 atom stereocenters. The average molecular weight is 257 g/mol. The van der Waals surface area contributed by atoms with E-state index in [9.17, 15) is 9.59 Å². The molecule has 1 amide bonds. The Bertz CT molecular complexity index is 599. The van der Waals surface area contributed by atoms with E-state index >= 15 is 0 Å². The van der Waals surface area contributed by atoms with Crippen LogP contribution in [-0.2, 0) is 11.2 Å². The molecule has 0 spiro atoms. The lowest BCUT2D eigenvalue weighted by atomic mass is 10.2. The van der Waals surface area contributed by atoms with Gasteiger partial charge in [0.15, 0.2) is 5.69 Å². The molecule has 0 saturated heterocycles. The number of anilines is 1. The summed E-state index contributed by atoms with van der Waals surface area (Å²) in [6.07, 6.45) is 3.39. The number of carboxylic acids is 1. The fourth-order valence-electron chi connectivity index (χ4n) is 1.50. The van der Waals surface area contributed by atoms with Crippen molar-refractivity contribution in [2.45, 2.75) is 6.42 Å². The van der Waals surface area contributed by atoms with Gasteiger partial charge >= 0.3 is 5.97 Å². The van der Waals surface area contributed by atoms with E-state index in [2.05, 4.69) is 15.3 Å². The lowest BCUT2D eigenvalue weighted by Crippen LogP contribution is -2.16. The molecular weight excluding hydrogens is 246 g/mol. The van der Waals surface area contributed by atoms with E-state index < -0.39 is 5.97 Å². The molecule has 0 aromatic carbocycles. The number of carbonyl (C=O) groups excluding carboxylic acids is 1. The Morgan fingerprint density at radius 1 is 1.16 bits per heavy atom. The normalized spacial score (nSPS) is 9.89. The second-order valence-corrected chi connectivity index (χ2v) is 3.79. The van der Waals surface area contributed by atoms with Crippen LogP contribution >= 0.6 is 0 Å². The van der Waals surface area contributed by atoms with Crippen LogP contribution in [0.25, 0.3) is 0 Å². The Morgan fingerprint density at radius 2 is 1.89 bits per heavy atom. The maximum Gasteiger partial charge on any atom is 0.354 e. The minimum absolute atomic E-state index is 0.110. The Morgan fingerprint density at radius 3 is 2.58 bits per heavy atom. The molecule has 0 unspecified atom stereocenters. The molecule has 2 N–H and O–H groups in total. The third kappa shape index (κ3) is 3.60. The van der Waals surface area contributed by atoms with E-state index in [0.29, 0.717) is 0 Å². The minimum atomic E-state index is -1.13. The van der Waals surface area contributed by atoms with E-state index in [1.54, 1.807) is 24.5 Å². The van der Waals surface area contributed by atoms with Crippen molar-refractivity contribution in [1.82, 2.24) is 9.97 Å². The van der Waals surface area contributed by atoms with E-state index in [1.807, 2.05) is 0 Å². The molecule has 2 rings (SSSR count). The van der Waals surface area contributed by atoms with Crippen LogP contribution < -0.4 is 5.32 Å². The lowest BCUT2D eigenvalue weighted by Gasteiger charge is -2.05. The molecule has 0 fully saturated rings. The number of hydrogen-bond acceptors (Lipinski definition) is 4. The van der Waals surface area contributed by atoms with Crippen LogP contribution in [0, 0.1) is 0 Å². The summed E-state index contributed by atoms with van der Waals surface area (Å²) in [5.41, 5.74) is 0.712. The molecule has 0 aliphatic carbocycles. The number of carboxylic acid groups (broad SMARTS) is 1. The van der Waals surface area contributed by atoms with Crippen LogP contribution in [0.4, 0.5) is 5.82 Å². The highest BCUT2D eigenvalue weighted by molar-refractivity contribution is 5.92. The van der Waals surface area contributed by atoms with Crippen molar-refractivity contribution in [3.63, 3.8) is 0 Å². The monoisotopic (exact) mass is 257 g/mol. The highest BCUT2D eigenvalue weighted by Gasteiger charge is 2.08.